The van der Waals surface area contributed by atoms with E-state index in [-0.39, 0.29) is 10.6 Å². The van der Waals surface area contributed by atoms with Gasteiger partial charge in [-0.05, 0) is 73.5 Å². The van der Waals surface area contributed by atoms with Crippen molar-refractivity contribution in [3.8, 4) is 22.6 Å². The summed E-state index contributed by atoms with van der Waals surface area (Å²) in [5.74, 6) is 0.686. The molecule has 0 heterocycles. The number of fused-ring (bicyclic) bond motifs is 1. The summed E-state index contributed by atoms with van der Waals surface area (Å²) in [6.07, 6.45) is 0. The van der Waals surface area contributed by atoms with Gasteiger partial charge in [-0.2, -0.15) is 0 Å². The highest BCUT2D eigenvalue weighted by Crippen LogP contribution is 2.46. The summed E-state index contributed by atoms with van der Waals surface area (Å²) in [6, 6.07) is 17.6. The monoisotopic (exact) mass is 525 g/mol. The summed E-state index contributed by atoms with van der Waals surface area (Å²) in [7, 11) is -2.29. The maximum absolute atomic E-state index is 13.3. The van der Waals surface area contributed by atoms with E-state index in [4.69, 9.17) is 4.74 Å². The summed E-state index contributed by atoms with van der Waals surface area (Å²) in [5, 5.41) is 12.6. The molecule has 0 aliphatic rings. The number of methoxy groups -OCH3 is 1. The molecule has 4 aromatic carbocycles. The van der Waals surface area contributed by atoms with E-state index in [9.17, 15) is 13.5 Å². The van der Waals surface area contributed by atoms with Crippen LogP contribution in [0.15, 0.2) is 70.0 Å². The first kappa shape index (κ1) is 23.1. The molecule has 5 nitrogen and oxygen atoms in total. The fourth-order valence-electron chi connectivity index (χ4n) is 4.16. The second kappa shape index (κ2) is 8.72. The standard InChI is InChI=1S/C26H24BrNO4S/c1-15-5-9-20(10-6-15)33(30,31)28-22-13-16(2)26(32-4)17(3)24(22)25-21-11-8-19(27)14-18(21)7-12-23(25)29/h5-14,28-29H,1-4H3. The Hall–Kier alpha value is -3.03. The molecule has 7 heteroatoms. The van der Waals surface area contributed by atoms with Gasteiger partial charge < -0.3 is 9.84 Å². The van der Waals surface area contributed by atoms with Gasteiger partial charge in [-0.15, -0.1) is 0 Å². The van der Waals surface area contributed by atoms with Crippen molar-refractivity contribution in [3.05, 3.63) is 81.8 Å². The van der Waals surface area contributed by atoms with Gasteiger partial charge in [0.15, 0.2) is 0 Å². The first-order valence-electron chi connectivity index (χ1n) is 10.3. The number of benzene rings is 4. The number of phenols is 1. The maximum Gasteiger partial charge on any atom is 0.261 e. The third kappa shape index (κ3) is 4.30. The van der Waals surface area contributed by atoms with Crippen molar-refractivity contribution in [2.24, 2.45) is 0 Å². The number of halogens is 1. The van der Waals surface area contributed by atoms with E-state index in [2.05, 4.69) is 20.7 Å². The zero-order chi connectivity index (χ0) is 23.9. The van der Waals surface area contributed by atoms with E-state index in [0.717, 1.165) is 31.9 Å². The van der Waals surface area contributed by atoms with Crippen molar-refractivity contribution in [1.29, 1.82) is 0 Å². The van der Waals surface area contributed by atoms with Gasteiger partial charge >= 0.3 is 0 Å². The smallest absolute Gasteiger partial charge is 0.261 e. The average Bonchev–Trinajstić information content (AvgIpc) is 2.75. The minimum Gasteiger partial charge on any atom is -0.507 e. The van der Waals surface area contributed by atoms with Gasteiger partial charge in [-0.3, -0.25) is 4.72 Å². The molecule has 0 fully saturated rings. The Morgan fingerprint density at radius 2 is 1.61 bits per heavy atom. The van der Waals surface area contributed by atoms with Gasteiger partial charge in [-0.25, -0.2) is 8.42 Å². The molecule has 0 aromatic heterocycles. The molecule has 4 rings (SSSR count). The third-order valence-electron chi connectivity index (χ3n) is 5.69. The molecule has 0 bridgehead atoms. The molecular weight excluding hydrogens is 502 g/mol. The third-order valence-corrected chi connectivity index (χ3v) is 7.57. The quantitative estimate of drug-likeness (QED) is 0.303. The van der Waals surface area contributed by atoms with Crippen LogP contribution < -0.4 is 9.46 Å². The molecule has 0 atom stereocenters. The number of phenolic OH excluding ortho intramolecular Hbond substituents is 1. The molecule has 0 aliphatic carbocycles. The van der Waals surface area contributed by atoms with E-state index in [0.29, 0.717) is 22.6 Å². The number of anilines is 1. The van der Waals surface area contributed by atoms with Crippen molar-refractivity contribution in [2.45, 2.75) is 25.7 Å². The SMILES string of the molecule is COc1c(C)cc(NS(=O)(=O)c2ccc(C)cc2)c(-c2c(O)ccc3cc(Br)ccc23)c1C. The fraction of sp³-hybridized carbons (Fsp3) is 0.154. The lowest BCUT2D eigenvalue weighted by atomic mass is 9.91. The molecular formula is C26H24BrNO4S. The molecule has 0 spiro atoms. The zero-order valence-corrected chi connectivity index (χ0v) is 21.1. The highest BCUT2D eigenvalue weighted by Gasteiger charge is 2.24. The number of rotatable bonds is 5. The molecule has 4 aromatic rings. The molecule has 0 saturated carbocycles. The van der Waals surface area contributed by atoms with Crippen molar-refractivity contribution < 1.29 is 18.3 Å². The van der Waals surface area contributed by atoms with Gasteiger partial charge in [0, 0.05) is 21.2 Å². The van der Waals surface area contributed by atoms with Crippen LogP contribution in [-0.2, 0) is 10.0 Å². The van der Waals surface area contributed by atoms with Crippen LogP contribution in [-0.4, -0.2) is 20.6 Å². The van der Waals surface area contributed by atoms with Gasteiger partial charge in [-0.1, -0.05) is 45.8 Å². The minimum absolute atomic E-state index is 0.0506. The van der Waals surface area contributed by atoms with E-state index < -0.39 is 10.0 Å². The van der Waals surface area contributed by atoms with Crippen molar-refractivity contribution >= 4 is 42.4 Å². The molecule has 0 amide bonds. The van der Waals surface area contributed by atoms with Crippen molar-refractivity contribution in [2.75, 3.05) is 11.8 Å². The van der Waals surface area contributed by atoms with E-state index in [1.54, 1.807) is 43.5 Å². The summed E-state index contributed by atoms with van der Waals surface area (Å²) >= 11 is 3.49. The number of hydrogen-bond donors (Lipinski definition) is 2. The highest BCUT2D eigenvalue weighted by molar-refractivity contribution is 9.10. The van der Waals surface area contributed by atoms with Crippen LogP contribution >= 0.6 is 15.9 Å². The van der Waals surface area contributed by atoms with Crippen LogP contribution in [0.4, 0.5) is 5.69 Å². The number of nitrogens with one attached hydrogen (secondary N) is 1. The van der Waals surface area contributed by atoms with Gasteiger partial charge in [0.25, 0.3) is 10.0 Å². The number of sulfonamides is 1. The Bertz CT molecular complexity index is 1480. The predicted molar refractivity (Wildman–Crippen MR) is 137 cm³/mol. The summed E-state index contributed by atoms with van der Waals surface area (Å²) in [6.45, 7) is 5.63. The van der Waals surface area contributed by atoms with Gasteiger partial charge in [0.1, 0.15) is 11.5 Å². The maximum atomic E-state index is 13.3. The average molecular weight is 526 g/mol. The topological polar surface area (TPSA) is 75.6 Å². The second-order valence-electron chi connectivity index (χ2n) is 8.02. The van der Waals surface area contributed by atoms with Crippen molar-refractivity contribution in [1.82, 2.24) is 0 Å². The largest absolute Gasteiger partial charge is 0.507 e. The molecule has 0 saturated heterocycles. The molecule has 0 unspecified atom stereocenters. The number of aromatic hydroxyl groups is 1. The Morgan fingerprint density at radius 1 is 0.909 bits per heavy atom. The molecule has 170 valence electrons. The van der Waals surface area contributed by atoms with Gasteiger partial charge in [0.05, 0.1) is 17.7 Å². The van der Waals surface area contributed by atoms with Crippen LogP contribution in [0.5, 0.6) is 11.5 Å². The lowest BCUT2D eigenvalue weighted by Crippen LogP contribution is -2.14. The lowest BCUT2D eigenvalue weighted by molar-refractivity contribution is 0.409. The summed E-state index contributed by atoms with van der Waals surface area (Å²) < 4.78 is 35.8. The lowest BCUT2D eigenvalue weighted by Gasteiger charge is -2.21. The van der Waals surface area contributed by atoms with Crippen LogP contribution in [0.1, 0.15) is 16.7 Å². The Balaban J connectivity index is 2.01. The highest BCUT2D eigenvalue weighted by atomic mass is 79.9. The number of aryl methyl sites for hydroxylation is 2. The predicted octanol–water partition coefficient (Wildman–Crippen LogP) is 6.71. The van der Waals surface area contributed by atoms with E-state index >= 15 is 0 Å². The van der Waals surface area contributed by atoms with Crippen LogP contribution in [0.3, 0.4) is 0 Å². The molecule has 2 N–H and O–H groups in total. The van der Waals surface area contributed by atoms with Crippen molar-refractivity contribution in [3.63, 3.8) is 0 Å². The summed E-state index contributed by atoms with van der Waals surface area (Å²) in [4.78, 5) is 0.163. The van der Waals surface area contributed by atoms with Gasteiger partial charge in [0.2, 0.25) is 0 Å². The second-order valence-corrected chi connectivity index (χ2v) is 10.6. The Morgan fingerprint density at radius 3 is 2.27 bits per heavy atom. The number of hydrogen-bond acceptors (Lipinski definition) is 4. The number of ether oxygens (including phenoxy) is 1. The Labute approximate surface area is 202 Å². The molecule has 0 radical (unpaired) electrons. The molecule has 33 heavy (non-hydrogen) atoms. The van der Waals surface area contributed by atoms with Crippen LogP contribution in [0.2, 0.25) is 0 Å². The van der Waals surface area contributed by atoms with Crippen LogP contribution in [0, 0.1) is 20.8 Å². The summed E-state index contributed by atoms with van der Waals surface area (Å²) in [5.41, 5.74) is 3.96. The zero-order valence-electron chi connectivity index (χ0n) is 18.7. The van der Waals surface area contributed by atoms with E-state index in [1.807, 2.05) is 45.0 Å². The van der Waals surface area contributed by atoms with E-state index in [1.165, 1.54) is 0 Å². The van der Waals surface area contributed by atoms with Crippen LogP contribution in [0.25, 0.3) is 21.9 Å². The first-order valence-corrected chi connectivity index (χ1v) is 12.6. The fourth-order valence-corrected chi connectivity index (χ4v) is 5.60. The minimum atomic E-state index is -3.87. The Kier molecular flexibility index (Phi) is 6.12. The first-order chi connectivity index (χ1) is 15.6. The normalized spacial score (nSPS) is 11.5. The molecule has 0 aliphatic heterocycles.